The molecule has 0 aliphatic carbocycles. The largest absolute Gasteiger partial charge is 0.464 e. The van der Waals surface area contributed by atoms with E-state index in [1.807, 2.05) is 25.3 Å². The minimum Gasteiger partial charge on any atom is -0.464 e. The number of rotatable bonds is 6. The Hall–Kier alpha value is -3.30. The number of aromatic nitrogens is 3. The Kier molecular flexibility index (Phi) is 6.24. The lowest BCUT2D eigenvalue weighted by Gasteiger charge is -2.06. The van der Waals surface area contributed by atoms with Gasteiger partial charge in [0, 0.05) is 34.6 Å². The molecule has 0 bridgehead atoms. The van der Waals surface area contributed by atoms with Crippen LogP contribution < -0.4 is 10.2 Å². The maximum absolute atomic E-state index is 12.4. The Morgan fingerprint density at radius 3 is 2.52 bits per heavy atom. The predicted octanol–water partition coefficient (Wildman–Crippen LogP) is 4.68. The highest BCUT2D eigenvalue weighted by atomic mass is 32.2. The van der Waals surface area contributed by atoms with Gasteiger partial charge in [0.15, 0.2) is 5.16 Å². The first-order valence-electron chi connectivity index (χ1n) is 9.27. The van der Waals surface area contributed by atoms with Gasteiger partial charge in [-0.2, -0.15) is 0 Å². The fourth-order valence-electron chi connectivity index (χ4n) is 2.76. The summed E-state index contributed by atoms with van der Waals surface area (Å²) >= 11 is 2.87. The summed E-state index contributed by atoms with van der Waals surface area (Å²) in [7, 11) is 0. The van der Waals surface area contributed by atoms with E-state index >= 15 is 0 Å². The van der Waals surface area contributed by atoms with Crippen molar-refractivity contribution < 1.29 is 13.9 Å². The maximum Gasteiger partial charge on any atom is 0.343 e. The van der Waals surface area contributed by atoms with Gasteiger partial charge < -0.3 is 9.15 Å². The zero-order valence-corrected chi connectivity index (χ0v) is 18.3. The van der Waals surface area contributed by atoms with Gasteiger partial charge in [-0.25, -0.2) is 19.7 Å². The van der Waals surface area contributed by atoms with Crippen molar-refractivity contribution in [2.24, 2.45) is 0 Å². The van der Waals surface area contributed by atoms with Crippen molar-refractivity contribution in [3.8, 4) is 16.3 Å². The van der Waals surface area contributed by atoms with Gasteiger partial charge in [0.2, 0.25) is 11.2 Å². The number of carbonyl (C=O) groups excluding carboxylic acids is 1. The number of benzene rings is 1. The second-order valence-electron chi connectivity index (χ2n) is 6.60. The molecule has 0 atom stereocenters. The predicted molar refractivity (Wildman–Crippen MR) is 119 cm³/mol. The third-order valence-corrected chi connectivity index (χ3v) is 5.85. The van der Waals surface area contributed by atoms with Gasteiger partial charge >= 0.3 is 5.97 Å². The highest BCUT2D eigenvalue weighted by molar-refractivity contribution is 7.98. The first kappa shape index (κ1) is 21.0. The first-order chi connectivity index (χ1) is 15.0. The fraction of sp³-hybridized carbons (Fsp3) is 0.136. The number of esters is 1. The Balaban J connectivity index is 1.41. The minimum atomic E-state index is -0.635. The van der Waals surface area contributed by atoms with E-state index in [-0.39, 0.29) is 5.75 Å². The number of ether oxygens (including phenoxy) is 1. The summed E-state index contributed by atoms with van der Waals surface area (Å²) in [6, 6.07) is 10.0. The summed E-state index contributed by atoms with van der Waals surface area (Å²) in [6.45, 7) is 3.79. The van der Waals surface area contributed by atoms with Crippen LogP contribution in [0.3, 0.4) is 0 Å². The summed E-state index contributed by atoms with van der Waals surface area (Å²) in [5.74, 6) is 0.0180. The molecule has 7 nitrogen and oxygen atoms in total. The molecule has 1 aromatic carbocycles. The molecular formula is C22H17N3O4S2. The van der Waals surface area contributed by atoms with E-state index in [2.05, 4.69) is 15.0 Å². The van der Waals surface area contributed by atoms with Crippen molar-refractivity contribution in [3.63, 3.8) is 0 Å². The molecule has 3 heterocycles. The van der Waals surface area contributed by atoms with Gasteiger partial charge in [0.1, 0.15) is 17.0 Å². The van der Waals surface area contributed by atoms with Crippen molar-refractivity contribution in [2.75, 3.05) is 0 Å². The second-order valence-corrected chi connectivity index (χ2v) is 8.44. The summed E-state index contributed by atoms with van der Waals surface area (Å²) in [6.07, 6.45) is 2.88. The van der Waals surface area contributed by atoms with Crippen LogP contribution in [-0.2, 0) is 5.75 Å². The van der Waals surface area contributed by atoms with Gasteiger partial charge in [-0.15, -0.1) is 11.3 Å². The van der Waals surface area contributed by atoms with E-state index < -0.39 is 11.4 Å². The standard InChI is InChI=1S/C22H17N3O4S2/c1-13-9-14(2)25-22(24-13)31-12-17-10-18(26)19(11-28-17)29-21(27)16-5-3-15(4-6-16)20-23-7-8-30-20/h3-11H,12H2,1-2H3. The lowest BCUT2D eigenvalue weighted by Crippen LogP contribution is -2.14. The summed E-state index contributed by atoms with van der Waals surface area (Å²) < 4.78 is 10.7. The molecule has 4 rings (SSSR count). The van der Waals surface area contributed by atoms with Crippen molar-refractivity contribution in [1.29, 1.82) is 0 Å². The van der Waals surface area contributed by atoms with Crippen molar-refractivity contribution >= 4 is 29.1 Å². The molecule has 0 spiro atoms. The number of hydrogen-bond donors (Lipinski definition) is 0. The normalized spacial score (nSPS) is 10.8. The van der Waals surface area contributed by atoms with E-state index in [1.165, 1.54) is 29.2 Å². The van der Waals surface area contributed by atoms with Gasteiger partial charge in [0.05, 0.1) is 11.3 Å². The molecule has 0 unspecified atom stereocenters. The van der Waals surface area contributed by atoms with Crippen LogP contribution in [0.25, 0.3) is 10.6 Å². The molecule has 0 aliphatic heterocycles. The molecule has 3 aromatic heterocycles. The molecule has 0 radical (unpaired) electrons. The zero-order chi connectivity index (χ0) is 21.8. The quantitative estimate of drug-likeness (QED) is 0.237. The molecule has 9 heteroatoms. The number of thioether (sulfide) groups is 1. The SMILES string of the molecule is Cc1cc(C)nc(SCc2cc(=O)c(OC(=O)c3ccc(-c4nccs4)cc3)co2)n1. The van der Waals surface area contributed by atoms with Crippen LogP contribution in [0.2, 0.25) is 0 Å². The van der Waals surface area contributed by atoms with E-state index in [0.717, 1.165) is 28.2 Å². The third-order valence-electron chi connectivity index (χ3n) is 4.16. The highest BCUT2D eigenvalue weighted by Crippen LogP contribution is 2.23. The second kappa shape index (κ2) is 9.23. The molecule has 0 amide bonds. The van der Waals surface area contributed by atoms with Crippen molar-refractivity contribution in [1.82, 2.24) is 15.0 Å². The van der Waals surface area contributed by atoms with E-state index in [0.29, 0.717) is 22.2 Å². The fourth-order valence-corrected chi connectivity index (χ4v) is 4.24. The number of thiazole rings is 1. The monoisotopic (exact) mass is 451 g/mol. The zero-order valence-electron chi connectivity index (χ0n) is 16.7. The van der Waals surface area contributed by atoms with Gasteiger partial charge in [-0.05, 0) is 32.0 Å². The average Bonchev–Trinajstić information content (AvgIpc) is 3.28. The molecule has 0 N–H and O–H groups in total. The van der Waals surface area contributed by atoms with Crippen LogP contribution in [-0.4, -0.2) is 20.9 Å². The lowest BCUT2D eigenvalue weighted by molar-refractivity contribution is 0.0729. The molecule has 31 heavy (non-hydrogen) atoms. The molecule has 0 fully saturated rings. The van der Waals surface area contributed by atoms with E-state index in [9.17, 15) is 9.59 Å². The Labute approximate surface area is 186 Å². The molecule has 0 saturated carbocycles. The van der Waals surface area contributed by atoms with Gasteiger partial charge in [0.25, 0.3) is 0 Å². The molecular weight excluding hydrogens is 434 g/mol. The van der Waals surface area contributed by atoms with Crippen molar-refractivity contribution in [2.45, 2.75) is 24.8 Å². The van der Waals surface area contributed by atoms with Crippen LogP contribution in [0.5, 0.6) is 5.75 Å². The third kappa shape index (κ3) is 5.25. The Morgan fingerprint density at radius 1 is 1.13 bits per heavy atom. The number of nitrogens with zero attached hydrogens (tertiary/aromatic N) is 3. The first-order valence-corrected chi connectivity index (χ1v) is 11.1. The summed E-state index contributed by atoms with van der Waals surface area (Å²) in [5.41, 5.74) is 2.54. The van der Waals surface area contributed by atoms with Crippen LogP contribution >= 0.6 is 23.1 Å². The molecule has 156 valence electrons. The molecule has 0 aliphatic rings. The van der Waals surface area contributed by atoms with Crippen molar-refractivity contribution in [3.05, 3.63) is 87.2 Å². The Bertz CT molecular complexity index is 1250. The van der Waals surface area contributed by atoms with Crippen LogP contribution in [0.15, 0.2) is 68.6 Å². The number of hydrogen-bond acceptors (Lipinski definition) is 9. The smallest absolute Gasteiger partial charge is 0.343 e. The molecule has 0 saturated heterocycles. The van der Waals surface area contributed by atoms with Gasteiger partial charge in [-0.1, -0.05) is 23.9 Å². The van der Waals surface area contributed by atoms with E-state index in [1.54, 1.807) is 30.5 Å². The van der Waals surface area contributed by atoms with Crippen LogP contribution in [0, 0.1) is 13.8 Å². The Morgan fingerprint density at radius 2 is 1.87 bits per heavy atom. The highest BCUT2D eigenvalue weighted by Gasteiger charge is 2.14. The van der Waals surface area contributed by atoms with Gasteiger partial charge in [-0.3, -0.25) is 4.79 Å². The number of aryl methyl sites for hydroxylation is 2. The summed E-state index contributed by atoms with van der Waals surface area (Å²) in [5, 5.41) is 3.35. The summed E-state index contributed by atoms with van der Waals surface area (Å²) in [4.78, 5) is 37.7. The topological polar surface area (TPSA) is 95.2 Å². The minimum absolute atomic E-state index is 0.162. The average molecular weight is 452 g/mol. The maximum atomic E-state index is 12.4. The molecule has 4 aromatic rings. The number of carbonyl (C=O) groups is 1. The lowest BCUT2D eigenvalue weighted by atomic mass is 10.1. The van der Waals surface area contributed by atoms with Crippen LogP contribution in [0.1, 0.15) is 27.5 Å². The van der Waals surface area contributed by atoms with E-state index in [4.69, 9.17) is 9.15 Å². The van der Waals surface area contributed by atoms with Crippen LogP contribution in [0.4, 0.5) is 0 Å².